The summed E-state index contributed by atoms with van der Waals surface area (Å²) in [4.78, 5) is 34.2. The highest BCUT2D eigenvalue weighted by Crippen LogP contribution is 2.38. The van der Waals surface area contributed by atoms with Crippen LogP contribution in [0.4, 0.5) is 27.8 Å². The summed E-state index contributed by atoms with van der Waals surface area (Å²) in [5.74, 6) is 1.09. The molecule has 1 fully saturated rings. The quantitative estimate of drug-likeness (QED) is 0.638. The Morgan fingerprint density at radius 3 is 2.49 bits per heavy atom. The first-order chi connectivity index (χ1) is 16.5. The van der Waals surface area contributed by atoms with Crippen molar-refractivity contribution >= 4 is 45.0 Å². The third-order valence-electron chi connectivity index (χ3n) is 6.58. The van der Waals surface area contributed by atoms with Crippen molar-refractivity contribution in [1.82, 2.24) is 14.2 Å². The fourth-order valence-electron chi connectivity index (χ4n) is 4.58. The lowest BCUT2D eigenvalue weighted by Gasteiger charge is -2.45. The first-order valence-corrected chi connectivity index (χ1v) is 12.8. The van der Waals surface area contributed by atoms with Crippen molar-refractivity contribution in [3.05, 3.63) is 36.4 Å². The largest absolute Gasteiger partial charge is 0.465 e. The number of aromatic nitrogens is 1. The number of nitrogens with zero attached hydrogens (tertiary/aromatic N) is 5. The Balaban J connectivity index is 1.65. The average molecular weight is 503 g/mol. The van der Waals surface area contributed by atoms with Crippen LogP contribution in [0.15, 0.2) is 41.3 Å². The maximum atomic E-state index is 13.0. The lowest BCUT2D eigenvalue weighted by Crippen LogP contribution is -2.57. The second-order valence-corrected chi connectivity index (χ2v) is 11.1. The highest BCUT2D eigenvalue weighted by molar-refractivity contribution is 7.89. The summed E-state index contributed by atoms with van der Waals surface area (Å²) in [5.41, 5.74) is 1.23. The summed E-state index contributed by atoms with van der Waals surface area (Å²) in [6.07, 6.45) is 0.253. The summed E-state index contributed by atoms with van der Waals surface area (Å²) in [6.45, 7) is 2.63. The van der Waals surface area contributed by atoms with E-state index >= 15 is 0 Å². The molecule has 1 aromatic heterocycles. The maximum absolute atomic E-state index is 13.0. The molecule has 3 heterocycles. The van der Waals surface area contributed by atoms with Crippen LogP contribution in [0.2, 0.25) is 0 Å². The van der Waals surface area contributed by atoms with Gasteiger partial charge < -0.3 is 25.1 Å². The zero-order valence-corrected chi connectivity index (χ0v) is 21.0. The van der Waals surface area contributed by atoms with E-state index < -0.39 is 22.2 Å². The number of carboxylic acid groups (broad SMARTS) is 1. The number of hydrogen-bond donors (Lipinski definition) is 2. The summed E-state index contributed by atoms with van der Waals surface area (Å²) in [7, 11) is 1.09. The molecule has 1 aromatic carbocycles. The summed E-state index contributed by atoms with van der Waals surface area (Å²) in [5, 5.41) is 12.5. The molecule has 0 unspecified atom stereocenters. The predicted molar refractivity (Wildman–Crippen MR) is 133 cm³/mol. The van der Waals surface area contributed by atoms with E-state index in [0.717, 1.165) is 4.31 Å². The molecule has 2 amide bonds. The minimum atomic E-state index is -3.59. The van der Waals surface area contributed by atoms with Crippen LogP contribution in [-0.2, 0) is 14.8 Å². The molecule has 1 atom stereocenters. The van der Waals surface area contributed by atoms with Crippen LogP contribution in [0.5, 0.6) is 0 Å². The number of sulfonamides is 1. The van der Waals surface area contributed by atoms with Crippen LogP contribution < -0.4 is 15.1 Å². The van der Waals surface area contributed by atoms with Gasteiger partial charge in [0.2, 0.25) is 15.9 Å². The van der Waals surface area contributed by atoms with E-state index in [9.17, 15) is 23.1 Å². The van der Waals surface area contributed by atoms with Gasteiger partial charge in [-0.25, -0.2) is 22.5 Å². The number of likely N-dealkylation sites (tertiary alicyclic amines) is 1. The fraction of sp³-hybridized carbons (Fsp3) is 0.435. The molecule has 0 aliphatic carbocycles. The monoisotopic (exact) mass is 502 g/mol. The summed E-state index contributed by atoms with van der Waals surface area (Å²) < 4.78 is 26.2. The minimum Gasteiger partial charge on any atom is -0.465 e. The Morgan fingerprint density at radius 2 is 1.86 bits per heavy atom. The fourth-order valence-corrected chi connectivity index (χ4v) is 5.53. The molecule has 188 valence electrons. The van der Waals surface area contributed by atoms with Crippen molar-refractivity contribution in [2.45, 2.75) is 36.7 Å². The number of hydrogen-bond acceptors (Lipinski definition) is 7. The SMILES string of the molecule is C[C@@H]1C(=O)N(C)c2ccc(Nc3cccc(S(=O)(=O)N(C)C)c3)nc2N1C1CCN(C(=O)O)CC1. The van der Waals surface area contributed by atoms with Crippen LogP contribution >= 0.6 is 0 Å². The van der Waals surface area contributed by atoms with Gasteiger partial charge in [-0.05, 0) is 50.1 Å². The van der Waals surface area contributed by atoms with Crippen molar-refractivity contribution in [2.24, 2.45) is 0 Å². The van der Waals surface area contributed by atoms with Gasteiger partial charge in [0.15, 0.2) is 5.82 Å². The number of amides is 2. The molecule has 11 nitrogen and oxygen atoms in total. The highest BCUT2D eigenvalue weighted by Gasteiger charge is 2.40. The number of pyridine rings is 1. The minimum absolute atomic E-state index is 0.0340. The molecule has 2 aromatic rings. The second kappa shape index (κ2) is 9.34. The predicted octanol–water partition coefficient (Wildman–Crippen LogP) is 2.39. The average Bonchev–Trinajstić information content (AvgIpc) is 2.83. The zero-order valence-electron chi connectivity index (χ0n) is 20.2. The molecular formula is C23H30N6O5S. The second-order valence-electron chi connectivity index (χ2n) is 8.96. The number of carbonyl (C=O) groups is 2. The highest BCUT2D eigenvalue weighted by atomic mass is 32.2. The Kier molecular flexibility index (Phi) is 6.60. The zero-order chi connectivity index (χ0) is 25.5. The van der Waals surface area contributed by atoms with E-state index in [4.69, 9.17) is 4.98 Å². The van der Waals surface area contributed by atoms with E-state index in [2.05, 4.69) is 5.32 Å². The number of carbonyl (C=O) groups excluding carboxylic acids is 1. The number of piperidine rings is 1. The number of likely N-dealkylation sites (N-methyl/N-ethyl adjacent to an activating group) is 1. The summed E-state index contributed by atoms with van der Waals surface area (Å²) >= 11 is 0. The number of benzene rings is 1. The standard InChI is InChI=1S/C23H30N6O5S/c1-15-22(30)27(4)19-8-9-20(24-16-6-5-7-18(14-16)35(33,34)26(2)3)25-21(19)29(15)17-10-12-28(13-11-17)23(31)32/h5-9,14-15,17H,10-13H2,1-4H3,(H,24,25)(H,31,32)/t15-/m1/s1. The van der Waals surface area contributed by atoms with E-state index in [0.29, 0.717) is 48.9 Å². The van der Waals surface area contributed by atoms with Gasteiger partial charge in [-0.15, -0.1) is 0 Å². The van der Waals surface area contributed by atoms with Crippen molar-refractivity contribution in [3.63, 3.8) is 0 Å². The van der Waals surface area contributed by atoms with Crippen LogP contribution in [0.25, 0.3) is 0 Å². The Bertz CT molecular complexity index is 1240. The first-order valence-electron chi connectivity index (χ1n) is 11.3. The third kappa shape index (κ3) is 4.63. The van der Waals surface area contributed by atoms with Gasteiger partial charge in [0.05, 0.1) is 10.6 Å². The Hall–Kier alpha value is -3.38. The normalized spacial score (nSPS) is 19.2. The lowest BCUT2D eigenvalue weighted by molar-refractivity contribution is -0.119. The molecular weight excluding hydrogens is 472 g/mol. The van der Waals surface area contributed by atoms with Crippen molar-refractivity contribution in [3.8, 4) is 0 Å². The van der Waals surface area contributed by atoms with Gasteiger partial charge in [0.1, 0.15) is 11.9 Å². The van der Waals surface area contributed by atoms with Crippen LogP contribution in [0.1, 0.15) is 19.8 Å². The van der Waals surface area contributed by atoms with Crippen molar-refractivity contribution in [1.29, 1.82) is 0 Å². The van der Waals surface area contributed by atoms with E-state index in [-0.39, 0.29) is 16.8 Å². The smallest absolute Gasteiger partial charge is 0.407 e. The molecule has 2 N–H and O–H groups in total. The molecule has 0 radical (unpaired) electrons. The van der Waals surface area contributed by atoms with Crippen molar-refractivity contribution in [2.75, 3.05) is 49.3 Å². The molecule has 4 rings (SSSR count). The van der Waals surface area contributed by atoms with E-state index in [1.54, 1.807) is 36.2 Å². The third-order valence-corrected chi connectivity index (χ3v) is 8.39. The van der Waals surface area contributed by atoms with Gasteiger partial charge in [0.25, 0.3) is 0 Å². The first kappa shape index (κ1) is 24.7. The Labute approximate surface area is 205 Å². The van der Waals surface area contributed by atoms with Crippen LogP contribution in [-0.4, -0.2) is 86.0 Å². The molecule has 0 spiro atoms. The molecule has 12 heteroatoms. The maximum Gasteiger partial charge on any atom is 0.407 e. The number of nitrogens with one attached hydrogen (secondary N) is 1. The topological polar surface area (TPSA) is 126 Å². The van der Waals surface area contributed by atoms with Gasteiger partial charge >= 0.3 is 6.09 Å². The summed E-state index contributed by atoms with van der Waals surface area (Å²) in [6, 6.07) is 9.58. The molecule has 0 bridgehead atoms. The number of rotatable bonds is 5. The molecule has 1 saturated heterocycles. The molecule has 2 aliphatic heterocycles. The van der Waals surface area contributed by atoms with Crippen molar-refractivity contribution < 1.29 is 23.1 Å². The van der Waals surface area contributed by atoms with Gasteiger partial charge in [-0.3, -0.25) is 4.79 Å². The van der Waals surface area contributed by atoms with Crippen LogP contribution in [0.3, 0.4) is 0 Å². The van der Waals surface area contributed by atoms with E-state index in [1.165, 1.54) is 25.1 Å². The molecule has 2 aliphatic rings. The van der Waals surface area contributed by atoms with Gasteiger partial charge in [-0.2, -0.15) is 0 Å². The number of anilines is 4. The Morgan fingerprint density at radius 1 is 1.17 bits per heavy atom. The van der Waals surface area contributed by atoms with E-state index in [1.807, 2.05) is 17.9 Å². The number of fused-ring (bicyclic) bond motifs is 1. The van der Waals surface area contributed by atoms with Crippen LogP contribution in [0, 0.1) is 0 Å². The lowest BCUT2D eigenvalue weighted by atomic mass is 9.99. The molecule has 0 saturated carbocycles. The van der Waals surface area contributed by atoms with Gasteiger partial charge in [0, 0.05) is 46.0 Å². The van der Waals surface area contributed by atoms with Gasteiger partial charge in [-0.1, -0.05) is 6.07 Å². The molecule has 35 heavy (non-hydrogen) atoms.